The van der Waals surface area contributed by atoms with Gasteiger partial charge < -0.3 is 13.9 Å². The molecule has 0 unspecified atom stereocenters. The van der Waals surface area contributed by atoms with Gasteiger partial charge in [0.1, 0.15) is 5.58 Å². The molecule has 0 aliphatic rings. The van der Waals surface area contributed by atoms with Gasteiger partial charge in [0, 0.05) is 6.42 Å². The summed E-state index contributed by atoms with van der Waals surface area (Å²) < 4.78 is 15.2. The Bertz CT molecular complexity index is 867. The minimum absolute atomic E-state index is 0.126. The summed E-state index contributed by atoms with van der Waals surface area (Å²) in [5.41, 5.74) is 0.828. The molecule has 0 radical (unpaired) electrons. The fourth-order valence-corrected chi connectivity index (χ4v) is 2.18. The van der Waals surface area contributed by atoms with E-state index in [9.17, 15) is 9.59 Å². The highest BCUT2D eigenvalue weighted by Gasteiger charge is 2.12. The van der Waals surface area contributed by atoms with Gasteiger partial charge in [0.25, 0.3) is 0 Å². The summed E-state index contributed by atoms with van der Waals surface area (Å²) in [5.74, 6) is 0.126. The van der Waals surface area contributed by atoms with Gasteiger partial charge in [0.2, 0.25) is 0 Å². The van der Waals surface area contributed by atoms with Crippen LogP contribution >= 0.6 is 0 Å². The molecular formula is C18H14O5. The van der Waals surface area contributed by atoms with Crippen molar-refractivity contribution in [2.24, 2.45) is 0 Å². The van der Waals surface area contributed by atoms with Crippen molar-refractivity contribution in [1.82, 2.24) is 0 Å². The maximum Gasteiger partial charge on any atom is 0.513 e. The maximum atomic E-state index is 11.8. The lowest BCUT2D eigenvalue weighted by Crippen LogP contribution is -2.14. The molecule has 0 aliphatic carbocycles. The van der Waals surface area contributed by atoms with E-state index < -0.39 is 11.8 Å². The van der Waals surface area contributed by atoms with Crippen LogP contribution < -0.4 is 10.4 Å². The van der Waals surface area contributed by atoms with Crippen molar-refractivity contribution in [2.45, 2.75) is 6.42 Å². The maximum absolute atomic E-state index is 11.8. The van der Waals surface area contributed by atoms with Crippen molar-refractivity contribution >= 4 is 17.1 Å². The largest absolute Gasteiger partial charge is 0.513 e. The van der Waals surface area contributed by atoms with E-state index in [1.54, 1.807) is 24.3 Å². The van der Waals surface area contributed by atoms with Crippen LogP contribution in [0.3, 0.4) is 0 Å². The number of carbonyl (C=O) groups is 1. The molecule has 0 amide bonds. The Morgan fingerprint density at radius 2 is 1.74 bits per heavy atom. The number of hydrogen-bond acceptors (Lipinski definition) is 5. The first-order valence-corrected chi connectivity index (χ1v) is 7.14. The summed E-state index contributed by atoms with van der Waals surface area (Å²) in [4.78, 5) is 23.3. The summed E-state index contributed by atoms with van der Waals surface area (Å²) in [6.45, 7) is 0.197. The lowest BCUT2D eigenvalue weighted by Gasteiger charge is -2.07. The molecule has 0 saturated carbocycles. The molecule has 5 nitrogen and oxygen atoms in total. The summed E-state index contributed by atoms with van der Waals surface area (Å²) in [5, 5.41) is 0.534. The predicted molar refractivity (Wildman–Crippen MR) is 84.6 cm³/mol. The Kier molecular flexibility index (Phi) is 4.38. The van der Waals surface area contributed by atoms with E-state index in [1.807, 2.05) is 30.3 Å². The van der Waals surface area contributed by atoms with Gasteiger partial charge in [-0.05, 0) is 17.7 Å². The van der Waals surface area contributed by atoms with Gasteiger partial charge in [-0.1, -0.05) is 42.5 Å². The van der Waals surface area contributed by atoms with Crippen molar-refractivity contribution in [2.75, 3.05) is 6.61 Å². The Hall–Kier alpha value is -3.08. The van der Waals surface area contributed by atoms with Crippen molar-refractivity contribution in [1.29, 1.82) is 0 Å². The van der Waals surface area contributed by atoms with E-state index in [-0.39, 0.29) is 12.4 Å². The average molecular weight is 310 g/mol. The first-order chi connectivity index (χ1) is 11.2. The number of benzene rings is 2. The number of ether oxygens (including phenoxy) is 2. The van der Waals surface area contributed by atoms with Gasteiger partial charge >= 0.3 is 11.8 Å². The summed E-state index contributed by atoms with van der Waals surface area (Å²) in [6, 6.07) is 17.6. The Labute approximate surface area is 132 Å². The fraction of sp³-hybridized carbons (Fsp3) is 0.111. The molecule has 0 spiro atoms. The smallest absolute Gasteiger partial charge is 0.434 e. The zero-order valence-corrected chi connectivity index (χ0v) is 12.2. The third-order valence-electron chi connectivity index (χ3n) is 3.26. The molecule has 1 heterocycles. The minimum atomic E-state index is -0.850. The zero-order valence-electron chi connectivity index (χ0n) is 12.2. The third-order valence-corrected chi connectivity index (χ3v) is 3.26. The Morgan fingerprint density at radius 3 is 2.57 bits per heavy atom. The highest BCUT2D eigenvalue weighted by atomic mass is 16.7. The van der Waals surface area contributed by atoms with Crippen LogP contribution in [-0.2, 0) is 11.2 Å². The lowest BCUT2D eigenvalue weighted by molar-refractivity contribution is 0.100. The van der Waals surface area contributed by atoms with E-state index in [2.05, 4.69) is 0 Å². The topological polar surface area (TPSA) is 65.7 Å². The minimum Gasteiger partial charge on any atom is -0.434 e. The molecule has 3 aromatic rings. The Morgan fingerprint density at radius 1 is 1.00 bits per heavy atom. The molecule has 23 heavy (non-hydrogen) atoms. The van der Waals surface area contributed by atoms with Crippen LogP contribution in [0.4, 0.5) is 4.79 Å². The lowest BCUT2D eigenvalue weighted by atomic mass is 10.2. The van der Waals surface area contributed by atoms with E-state index in [4.69, 9.17) is 13.9 Å². The summed E-state index contributed by atoms with van der Waals surface area (Å²) >= 11 is 0. The highest BCUT2D eigenvalue weighted by Crippen LogP contribution is 2.23. The SMILES string of the molecule is O=C(OCCc1ccccc1)Oc1cc(=O)oc2ccccc12. The number of para-hydroxylation sites is 1. The predicted octanol–water partition coefficient (Wildman–Crippen LogP) is 3.55. The van der Waals surface area contributed by atoms with Gasteiger partial charge in [-0.25, -0.2) is 9.59 Å². The monoisotopic (exact) mass is 310 g/mol. The number of carbonyl (C=O) groups excluding carboxylic acids is 1. The fourth-order valence-electron chi connectivity index (χ4n) is 2.18. The molecule has 0 aliphatic heterocycles. The third kappa shape index (κ3) is 3.77. The number of hydrogen-bond donors (Lipinski definition) is 0. The highest BCUT2D eigenvalue weighted by molar-refractivity contribution is 5.85. The molecule has 2 aromatic carbocycles. The molecule has 0 atom stereocenters. The molecule has 0 bridgehead atoms. The number of rotatable bonds is 4. The Balaban J connectivity index is 1.65. The molecule has 5 heteroatoms. The van der Waals surface area contributed by atoms with Crippen LogP contribution in [0.15, 0.2) is 69.9 Å². The quantitative estimate of drug-likeness (QED) is 0.544. The van der Waals surface area contributed by atoms with Crippen molar-refractivity contribution in [3.8, 4) is 5.75 Å². The standard InChI is InChI=1S/C18H14O5/c19-17-12-16(14-8-4-5-9-15(14)22-17)23-18(20)21-11-10-13-6-2-1-3-7-13/h1-9,12H,10-11H2. The number of fused-ring (bicyclic) bond motifs is 1. The molecule has 3 rings (SSSR count). The first-order valence-electron chi connectivity index (χ1n) is 7.14. The van der Waals surface area contributed by atoms with Crippen molar-refractivity contribution < 1.29 is 18.7 Å². The van der Waals surface area contributed by atoms with Crippen LogP contribution in [0.2, 0.25) is 0 Å². The molecule has 0 saturated heterocycles. The van der Waals surface area contributed by atoms with Crippen molar-refractivity contribution in [3.05, 3.63) is 76.6 Å². The van der Waals surface area contributed by atoms with Gasteiger partial charge in [0.05, 0.1) is 18.1 Å². The summed E-state index contributed by atoms with van der Waals surface area (Å²) in [7, 11) is 0. The van der Waals surface area contributed by atoms with E-state index in [1.165, 1.54) is 0 Å². The van der Waals surface area contributed by atoms with Crippen LogP contribution in [0.1, 0.15) is 5.56 Å². The molecule has 0 N–H and O–H groups in total. The second-order valence-corrected chi connectivity index (χ2v) is 4.86. The average Bonchev–Trinajstić information content (AvgIpc) is 2.55. The van der Waals surface area contributed by atoms with E-state index in [0.29, 0.717) is 17.4 Å². The van der Waals surface area contributed by atoms with Crippen LogP contribution in [0.25, 0.3) is 11.0 Å². The molecular weight excluding hydrogens is 296 g/mol. The van der Waals surface area contributed by atoms with Gasteiger partial charge in [-0.3, -0.25) is 0 Å². The second kappa shape index (κ2) is 6.79. The van der Waals surface area contributed by atoms with Gasteiger partial charge in [-0.15, -0.1) is 0 Å². The molecule has 0 fully saturated rings. The first kappa shape index (κ1) is 14.8. The molecule has 1 aromatic heterocycles. The van der Waals surface area contributed by atoms with Gasteiger partial charge in [0.15, 0.2) is 5.75 Å². The van der Waals surface area contributed by atoms with E-state index >= 15 is 0 Å². The zero-order chi connectivity index (χ0) is 16.1. The van der Waals surface area contributed by atoms with Crippen LogP contribution in [-0.4, -0.2) is 12.8 Å². The molecule has 116 valence electrons. The normalized spacial score (nSPS) is 10.4. The summed E-state index contributed by atoms with van der Waals surface area (Å²) in [6.07, 6.45) is -0.259. The second-order valence-electron chi connectivity index (χ2n) is 4.86. The van der Waals surface area contributed by atoms with Crippen LogP contribution in [0, 0.1) is 0 Å². The van der Waals surface area contributed by atoms with E-state index in [0.717, 1.165) is 11.6 Å². The van der Waals surface area contributed by atoms with Crippen molar-refractivity contribution in [3.63, 3.8) is 0 Å². The van der Waals surface area contributed by atoms with Gasteiger partial charge in [-0.2, -0.15) is 0 Å². The van der Waals surface area contributed by atoms with Crippen LogP contribution in [0.5, 0.6) is 5.75 Å².